The van der Waals surface area contributed by atoms with Crippen molar-refractivity contribution in [2.45, 2.75) is 0 Å². The molecule has 2 aliphatic heterocycles. The van der Waals surface area contributed by atoms with Gasteiger partial charge in [0.1, 0.15) is 11.6 Å². The van der Waals surface area contributed by atoms with Crippen molar-refractivity contribution in [1.82, 2.24) is 9.97 Å². The van der Waals surface area contributed by atoms with Crippen LogP contribution in [0, 0.1) is 0 Å². The predicted molar refractivity (Wildman–Crippen MR) is 147 cm³/mol. The zero-order valence-electron chi connectivity index (χ0n) is 20.1. The fourth-order valence-electron chi connectivity index (χ4n) is 4.21. The van der Waals surface area contributed by atoms with Crippen LogP contribution in [0.2, 0.25) is 0 Å². The minimum Gasteiger partial charge on any atom is -0.596 e. The predicted octanol–water partition coefficient (Wildman–Crippen LogP) is 7.75. The molecule has 4 aromatic rings. The van der Waals surface area contributed by atoms with Gasteiger partial charge in [0.25, 0.3) is 0 Å². The van der Waals surface area contributed by atoms with Gasteiger partial charge in [-0.05, 0) is 59.9 Å². The number of hydrogen-bond donors (Lipinski definition) is 0. The van der Waals surface area contributed by atoms with Crippen molar-refractivity contribution in [3.05, 3.63) is 145 Å². The summed E-state index contributed by atoms with van der Waals surface area (Å²) in [5, 5.41) is 3.54. The maximum absolute atomic E-state index is 4.93. The molecule has 0 atom stereocenters. The summed E-state index contributed by atoms with van der Waals surface area (Å²) in [6.45, 7) is 0. The van der Waals surface area contributed by atoms with Gasteiger partial charge in [-0.2, -0.15) is 12.4 Å². The van der Waals surface area contributed by atoms with E-state index in [-0.39, 0.29) is 19.5 Å². The van der Waals surface area contributed by atoms with Crippen molar-refractivity contribution >= 4 is 11.6 Å². The summed E-state index contributed by atoms with van der Waals surface area (Å²) in [6.07, 6.45) is 15.0. The smallest absolute Gasteiger partial charge is 0.596 e. The number of benzene rings is 2. The Bertz CT molecular complexity index is 1410. The van der Waals surface area contributed by atoms with Crippen molar-refractivity contribution in [2.75, 3.05) is 10.0 Å². The van der Waals surface area contributed by atoms with E-state index in [9.17, 15) is 0 Å². The van der Waals surface area contributed by atoms with E-state index >= 15 is 0 Å². The van der Waals surface area contributed by atoms with Gasteiger partial charge in [0.05, 0.1) is 11.4 Å². The quantitative estimate of drug-likeness (QED) is 0.247. The molecule has 2 aromatic carbocycles. The molecule has 37 heavy (non-hydrogen) atoms. The van der Waals surface area contributed by atoms with Gasteiger partial charge in [0, 0.05) is 11.1 Å². The Morgan fingerprint density at radius 2 is 0.892 bits per heavy atom. The zero-order chi connectivity index (χ0) is 24.2. The summed E-state index contributed by atoms with van der Waals surface area (Å²) >= 11 is 0. The molecule has 174 valence electrons. The molecule has 6 nitrogen and oxygen atoms in total. The van der Waals surface area contributed by atoms with Crippen molar-refractivity contribution < 1.29 is 19.5 Å². The molecule has 0 N–H and O–H groups in total. The van der Waals surface area contributed by atoms with Crippen molar-refractivity contribution in [1.29, 1.82) is 0 Å². The maximum atomic E-state index is 4.93. The Labute approximate surface area is 229 Å². The summed E-state index contributed by atoms with van der Waals surface area (Å²) in [5.74, 6) is 1.52. The van der Waals surface area contributed by atoms with Crippen LogP contribution in [0.25, 0.3) is 44.5 Å². The Balaban J connectivity index is 0.00000280. The van der Waals surface area contributed by atoms with Gasteiger partial charge in [-0.1, -0.05) is 72.8 Å². The van der Waals surface area contributed by atoms with Gasteiger partial charge in [-0.3, -0.25) is 0 Å². The molecule has 0 amide bonds. The molecular formula is C30H22N6Zn. The molecule has 0 saturated carbocycles. The van der Waals surface area contributed by atoms with Crippen LogP contribution in [0.1, 0.15) is 0 Å². The van der Waals surface area contributed by atoms with Gasteiger partial charge < -0.3 is 20.9 Å². The third kappa shape index (κ3) is 5.08. The van der Waals surface area contributed by atoms with Crippen molar-refractivity contribution in [3.63, 3.8) is 0 Å². The Morgan fingerprint density at radius 3 is 1.30 bits per heavy atom. The molecule has 0 fully saturated rings. The molecule has 6 rings (SSSR count). The summed E-state index contributed by atoms with van der Waals surface area (Å²) in [4.78, 5) is 9.86. The fraction of sp³-hybridized carbons (Fsp3) is 0. The van der Waals surface area contributed by atoms with E-state index in [1.54, 1.807) is 22.4 Å². The van der Waals surface area contributed by atoms with E-state index in [0.717, 1.165) is 45.3 Å². The number of aromatic nitrogens is 2. The van der Waals surface area contributed by atoms with Gasteiger partial charge in [0.15, 0.2) is 0 Å². The first-order valence-corrected chi connectivity index (χ1v) is 11.7. The Kier molecular flexibility index (Phi) is 7.24. The standard InChI is InChI=1S/C30H22N6.Zn/c1-3-13-25(27-15-9-17-29(33-27)35-21-7-5-19-31-35)23(11-1)24-12-2-4-14-26(24)28-16-10-18-30(34-28)36-22-8-6-20-32-36;/h1-22H;/q-2;+2. The third-order valence-corrected chi connectivity index (χ3v) is 5.87. The summed E-state index contributed by atoms with van der Waals surface area (Å²) in [7, 11) is 0. The van der Waals surface area contributed by atoms with Gasteiger partial charge >= 0.3 is 19.5 Å². The topological polar surface area (TPSA) is 60.5 Å². The summed E-state index contributed by atoms with van der Waals surface area (Å²) < 4.78 is 0. The number of rotatable bonds is 5. The number of anilines is 2. The van der Waals surface area contributed by atoms with Gasteiger partial charge in [-0.15, -0.1) is 0 Å². The van der Waals surface area contributed by atoms with Crippen molar-refractivity contribution in [3.8, 4) is 33.6 Å². The number of hydrogen-bond acceptors (Lipinski definition) is 4. The number of allylic oxidation sites excluding steroid dienone is 4. The van der Waals surface area contributed by atoms with Crippen LogP contribution in [0.4, 0.5) is 11.6 Å². The van der Waals surface area contributed by atoms with Crippen LogP contribution >= 0.6 is 0 Å². The number of pyridine rings is 2. The maximum Gasteiger partial charge on any atom is 2.00 e. The van der Waals surface area contributed by atoms with Crippen LogP contribution < -0.4 is 10.0 Å². The zero-order valence-corrected chi connectivity index (χ0v) is 23.1. The van der Waals surface area contributed by atoms with E-state index in [4.69, 9.17) is 9.97 Å². The average Bonchev–Trinajstić information content (AvgIpc) is 2.98. The van der Waals surface area contributed by atoms with E-state index in [1.165, 1.54) is 0 Å². The first-order chi connectivity index (χ1) is 17.9. The SMILES string of the molecule is C1=C[N-]N(c2cccc(-c3ccccc3-c3ccccc3-c3cccc(N4C=CC=C[N-]4)n3)n2)C=C1.[Zn+2]. The molecular weight excluding hydrogens is 510 g/mol. The molecule has 4 heterocycles. The van der Waals surface area contributed by atoms with Crippen LogP contribution in [0.5, 0.6) is 0 Å². The normalized spacial score (nSPS) is 13.6. The van der Waals surface area contributed by atoms with E-state index in [0.29, 0.717) is 0 Å². The van der Waals surface area contributed by atoms with Crippen LogP contribution in [0.3, 0.4) is 0 Å². The van der Waals surface area contributed by atoms with Crippen molar-refractivity contribution in [2.24, 2.45) is 0 Å². The second-order valence-corrected chi connectivity index (χ2v) is 8.14. The summed E-state index contributed by atoms with van der Waals surface area (Å²) in [6, 6.07) is 28.7. The second kappa shape index (κ2) is 11.1. The Hall–Kier alpha value is -4.48. The molecule has 0 radical (unpaired) electrons. The molecule has 0 unspecified atom stereocenters. The van der Waals surface area contributed by atoms with Gasteiger partial charge in [-0.25, -0.2) is 9.97 Å². The van der Waals surface area contributed by atoms with E-state index in [2.05, 4.69) is 47.2 Å². The molecule has 0 aliphatic carbocycles. The first kappa shape index (κ1) is 24.2. The molecule has 2 aliphatic rings. The van der Waals surface area contributed by atoms with Gasteiger partial charge in [0.2, 0.25) is 0 Å². The van der Waals surface area contributed by atoms with E-state index in [1.807, 2.05) is 85.2 Å². The average molecular weight is 532 g/mol. The van der Waals surface area contributed by atoms with Crippen LogP contribution in [0.15, 0.2) is 134 Å². The molecule has 2 aromatic heterocycles. The minimum atomic E-state index is 0. The molecule has 0 spiro atoms. The van der Waals surface area contributed by atoms with E-state index < -0.39 is 0 Å². The largest absolute Gasteiger partial charge is 2.00 e. The summed E-state index contributed by atoms with van der Waals surface area (Å²) in [5.41, 5.74) is 14.8. The third-order valence-electron chi connectivity index (χ3n) is 5.87. The van der Waals surface area contributed by atoms with Crippen LogP contribution in [-0.2, 0) is 19.5 Å². The Morgan fingerprint density at radius 1 is 0.459 bits per heavy atom. The van der Waals surface area contributed by atoms with Crippen LogP contribution in [-0.4, -0.2) is 9.97 Å². The second-order valence-electron chi connectivity index (χ2n) is 8.14. The minimum absolute atomic E-state index is 0. The monoisotopic (exact) mass is 530 g/mol. The molecule has 0 saturated heterocycles. The number of nitrogens with zero attached hydrogens (tertiary/aromatic N) is 6. The molecule has 7 heteroatoms. The fourth-order valence-corrected chi connectivity index (χ4v) is 4.21. The molecule has 0 bridgehead atoms. The first-order valence-electron chi connectivity index (χ1n) is 11.7.